The molecule has 0 spiro atoms. The molecule has 0 aliphatic carbocycles. The van der Waals surface area contributed by atoms with E-state index < -0.39 is 0 Å². The highest BCUT2D eigenvalue weighted by molar-refractivity contribution is 9.10. The molecule has 4 heteroatoms. The van der Waals surface area contributed by atoms with Crippen molar-refractivity contribution in [3.63, 3.8) is 0 Å². The summed E-state index contributed by atoms with van der Waals surface area (Å²) in [4.78, 5) is 0. The van der Waals surface area contributed by atoms with Gasteiger partial charge in [0.15, 0.2) is 0 Å². The zero-order chi connectivity index (χ0) is 8.55. The second-order valence-electron chi connectivity index (χ2n) is 2.61. The van der Waals surface area contributed by atoms with Crippen LogP contribution in [0.1, 0.15) is 5.56 Å². The van der Waals surface area contributed by atoms with Gasteiger partial charge in [-0.2, -0.15) is 0 Å². The smallest absolute Gasteiger partial charge is 0.0346 e. The van der Waals surface area contributed by atoms with Crippen molar-refractivity contribution in [3.8, 4) is 0 Å². The Morgan fingerprint density at radius 1 is 1.38 bits per heavy atom. The van der Waals surface area contributed by atoms with Crippen LogP contribution < -0.4 is 5.73 Å². The van der Waals surface area contributed by atoms with E-state index in [1.807, 2.05) is 0 Å². The minimum atomic E-state index is 0. The highest BCUT2D eigenvalue weighted by Crippen LogP contribution is 2.28. The molecule has 0 atom stereocenters. The van der Waals surface area contributed by atoms with E-state index in [2.05, 4.69) is 39.5 Å². The maximum atomic E-state index is 5.60. The van der Waals surface area contributed by atoms with Crippen molar-refractivity contribution in [2.45, 2.75) is 6.54 Å². The maximum absolute atomic E-state index is 5.60. The van der Waals surface area contributed by atoms with Gasteiger partial charge in [0, 0.05) is 15.7 Å². The fourth-order valence-corrected chi connectivity index (χ4v) is 2.53. The summed E-state index contributed by atoms with van der Waals surface area (Å²) in [5.41, 5.74) is 6.83. The van der Waals surface area contributed by atoms with Gasteiger partial charge in [0.05, 0.1) is 0 Å². The first-order valence-corrected chi connectivity index (χ1v) is 5.34. The van der Waals surface area contributed by atoms with E-state index in [9.17, 15) is 0 Å². The van der Waals surface area contributed by atoms with Crippen LogP contribution in [0.2, 0.25) is 0 Å². The van der Waals surface area contributed by atoms with Crippen molar-refractivity contribution in [2.24, 2.45) is 5.73 Å². The van der Waals surface area contributed by atoms with Crippen LogP contribution in [0.15, 0.2) is 28.1 Å². The van der Waals surface area contributed by atoms with Gasteiger partial charge in [-0.25, -0.2) is 0 Å². The number of thiophene rings is 1. The molecule has 2 aromatic rings. The van der Waals surface area contributed by atoms with E-state index in [0.717, 1.165) is 4.47 Å². The molecule has 2 rings (SSSR count). The first-order valence-electron chi connectivity index (χ1n) is 3.67. The van der Waals surface area contributed by atoms with Crippen LogP contribution in [-0.2, 0) is 6.54 Å². The number of rotatable bonds is 1. The molecule has 1 aromatic heterocycles. The van der Waals surface area contributed by atoms with E-state index in [1.54, 1.807) is 11.3 Å². The lowest BCUT2D eigenvalue weighted by molar-refractivity contribution is 1.09. The average Bonchev–Trinajstić information content (AvgIpc) is 2.46. The van der Waals surface area contributed by atoms with E-state index in [0.29, 0.717) is 6.54 Å². The fourth-order valence-electron chi connectivity index (χ4n) is 1.21. The third kappa shape index (κ3) is 2.05. The lowest BCUT2D eigenvalue weighted by atomic mass is 10.2. The van der Waals surface area contributed by atoms with Crippen molar-refractivity contribution >= 4 is 49.8 Å². The first-order chi connectivity index (χ1) is 5.81. The van der Waals surface area contributed by atoms with Crippen molar-refractivity contribution in [3.05, 3.63) is 33.6 Å². The van der Waals surface area contributed by atoms with E-state index in [-0.39, 0.29) is 12.4 Å². The Morgan fingerprint density at radius 3 is 2.85 bits per heavy atom. The quantitative estimate of drug-likeness (QED) is 0.848. The highest BCUT2D eigenvalue weighted by atomic mass is 79.9. The molecule has 0 saturated carbocycles. The number of hydrogen-bond acceptors (Lipinski definition) is 2. The van der Waals surface area contributed by atoms with Crippen molar-refractivity contribution < 1.29 is 0 Å². The summed E-state index contributed by atoms with van der Waals surface area (Å²) >= 11 is 5.19. The summed E-state index contributed by atoms with van der Waals surface area (Å²) in [6, 6.07) is 6.29. The molecule has 2 N–H and O–H groups in total. The van der Waals surface area contributed by atoms with Gasteiger partial charge in [-0.05, 0) is 34.5 Å². The Balaban J connectivity index is 0.000000845. The summed E-state index contributed by atoms with van der Waals surface area (Å²) in [5.74, 6) is 0. The molecule has 0 fully saturated rings. The summed E-state index contributed by atoms with van der Waals surface area (Å²) in [6.45, 7) is 0.621. The molecule has 0 radical (unpaired) electrons. The van der Waals surface area contributed by atoms with Crippen molar-refractivity contribution in [2.75, 3.05) is 0 Å². The Hall–Kier alpha value is -0.0900. The Morgan fingerprint density at radius 2 is 2.15 bits per heavy atom. The van der Waals surface area contributed by atoms with E-state index in [1.165, 1.54) is 15.6 Å². The number of halogens is 2. The van der Waals surface area contributed by atoms with Gasteiger partial charge in [0.25, 0.3) is 0 Å². The van der Waals surface area contributed by atoms with Crippen molar-refractivity contribution in [1.82, 2.24) is 0 Å². The molecule has 1 nitrogen and oxygen atoms in total. The highest BCUT2D eigenvalue weighted by Gasteiger charge is 2.01. The summed E-state index contributed by atoms with van der Waals surface area (Å²) in [6.07, 6.45) is 0. The van der Waals surface area contributed by atoms with Gasteiger partial charge in [-0.1, -0.05) is 15.9 Å². The standard InChI is InChI=1S/C9H8BrNS.ClH/c10-7-1-2-9-8(3-7)6(4-11)5-12-9;/h1-3,5H,4,11H2;1H. The predicted octanol–water partition coefficient (Wildman–Crippen LogP) is 3.54. The normalized spacial score (nSPS) is 10.0. The predicted molar refractivity (Wildman–Crippen MR) is 64.7 cm³/mol. The second kappa shape index (κ2) is 4.42. The largest absolute Gasteiger partial charge is 0.326 e. The first kappa shape index (κ1) is 11.0. The number of nitrogens with two attached hydrogens (primary N) is 1. The molecule has 1 heterocycles. The van der Waals surface area contributed by atoms with Crippen LogP contribution in [0, 0.1) is 0 Å². The van der Waals surface area contributed by atoms with Gasteiger partial charge in [-0.15, -0.1) is 23.7 Å². The summed E-state index contributed by atoms with van der Waals surface area (Å²) < 4.78 is 2.42. The third-order valence-corrected chi connectivity index (χ3v) is 3.34. The van der Waals surface area contributed by atoms with Gasteiger partial charge < -0.3 is 5.73 Å². The van der Waals surface area contributed by atoms with Gasteiger partial charge >= 0.3 is 0 Å². The van der Waals surface area contributed by atoms with Crippen LogP contribution in [-0.4, -0.2) is 0 Å². The molecule has 0 amide bonds. The van der Waals surface area contributed by atoms with Crippen molar-refractivity contribution in [1.29, 1.82) is 0 Å². The van der Waals surface area contributed by atoms with E-state index >= 15 is 0 Å². The van der Waals surface area contributed by atoms with Crippen LogP contribution in [0.3, 0.4) is 0 Å². The minimum Gasteiger partial charge on any atom is -0.326 e. The SMILES string of the molecule is Cl.NCc1csc2ccc(Br)cc12. The van der Waals surface area contributed by atoms with Gasteiger partial charge in [0.2, 0.25) is 0 Å². The second-order valence-corrected chi connectivity index (χ2v) is 4.43. The molecule has 1 aromatic carbocycles. The number of hydrogen-bond donors (Lipinski definition) is 1. The Kier molecular flexibility index (Phi) is 3.74. The zero-order valence-electron chi connectivity index (χ0n) is 6.79. The van der Waals surface area contributed by atoms with Gasteiger partial charge in [-0.3, -0.25) is 0 Å². The number of fused-ring (bicyclic) bond motifs is 1. The maximum Gasteiger partial charge on any atom is 0.0346 e. The molecule has 0 aliphatic heterocycles. The molecule has 0 bridgehead atoms. The topological polar surface area (TPSA) is 26.0 Å². The molecular formula is C9H9BrClNS. The average molecular weight is 279 g/mol. The summed E-state index contributed by atoms with van der Waals surface area (Å²) in [5, 5.41) is 3.40. The minimum absolute atomic E-state index is 0. The fraction of sp³-hybridized carbons (Fsp3) is 0.111. The monoisotopic (exact) mass is 277 g/mol. The molecule has 0 aliphatic rings. The van der Waals surface area contributed by atoms with E-state index in [4.69, 9.17) is 5.73 Å². The lowest BCUT2D eigenvalue weighted by Crippen LogP contribution is -1.93. The van der Waals surface area contributed by atoms with Crippen LogP contribution >= 0.6 is 39.7 Å². The van der Waals surface area contributed by atoms with Crippen LogP contribution in [0.5, 0.6) is 0 Å². The van der Waals surface area contributed by atoms with Crippen LogP contribution in [0.25, 0.3) is 10.1 Å². The molecular weight excluding hydrogens is 270 g/mol. The zero-order valence-corrected chi connectivity index (χ0v) is 10.0. The molecule has 13 heavy (non-hydrogen) atoms. The lowest BCUT2D eigenvalue weighted by Gasteiger charge is -1.94. The summed E-state index contributed by atoms with van der Waals surface area (Å²) in [7, 11) is 0. The molecule has 0 unspecified atom stereocenters. The molecule has 70 valence electrons. The Labute approximate surface area is 95.5 Å². The van der Waals surface area contributed by atoms with Crippen LogP contribution in [0.4, 0.5) is 0 Å². The number of benzene rings is 1. The Bertz CT molecular complexity index is 413. The van der Waals surface area contributed by atoms with Gasteiger partial charge in [0.1, 0.15) is 0 Å². The third-order valence-electron chi connectivity index (χ3n) is 1.84. The molecule has 0 saturated heterocycles.